The van der Waals surface area contributed by atoms with Gasteiger partial charge in [0.2, 0.25) is 10.0 Å². The van der Waals surface area contributed by atoms with Gasteiger partial charge in [-0.3, -0.25) is 9.48 Å². The summed E-state index contributed by atoms with van der Waals surface area (Å²) in [4.78, 5) is 18.2. The first kappa shape index (κ1) is 21.7. The highest BCUT2D eigenvalue weighted by Gasteiger charge is 2.21. The van der Waals surface area contributed by atoms with Crippen LogP contribution in [0.25, 0.3) is 22.3 Å². The molecule has 4 rings (SSSR count). The van der Waals surface area contributed by atoms with Crippen LogP contribution in [0.2, 0.25) is 0 Å². The lowest BCUT2D eigenvalue weighted by atomic mass is 10.0. The van der Waals surface area contributed by atoms with Crippen LogP contribution in [0.3, 0.4) is 0 Å². The van der Waals surface area contributed by atoms with Gasteiger partial charge in [0.25, 0.3) is 5.91 Å². The second-order valence-electron chi connectivity index (χ2n) is 7.47. The molecule has 32 heavy (non-hydrogen) atoms. The number of rotatable bonds is 5. The van der Waals surface area contributed by atoms with Crippen LogP contribution in [-0.4, -0.2) is 36.1 Å². The van der Waals surface area contributed by atoms with Crippen LogP contribution in [0.1, 0.15) is 21.6 Å². The number of aryl methyl sites for hydroxylation is 3. The van der Waals surface area contributed by atoms with E-state index in [1.165, 1.54) is 13.1 Å². The Kier molecular flexibility index (Phi) is 5.53. The average Bonchev–Trinajstić information content (AvgIpc) is 3.08. The van der Waals surface area contributed by atoms with Crippen LogP contribution in [0, 0.1) is 13.8 Å². The van der Waals surface area contributed by atoms with E-state index in [2.05, 4.69) is 15.1 Å². The summed E-state index contributed by atoms with van der Waals surface area (Å²) in [7, 11) is -0.521. The fourth-order valence-corrected chi connectivity index (χ4v) is 4.65. The number of sulfonamides is 1. The second kappa shape index (κ2) is 8.18. The Bertz CT molecular complexity index is 1440. The van der Waals surface area contributed by atoms with Gasteiger partial charge >= 0.3 is 0 Å². The van der Waals surface area contributed by atoms with Crippen molar-refractivity contribution in [1.82, 2.24) is 19.5 Å². The number of benzene rings is 2. The molecule has 0 unspecified atom stereocenters. The van der Waals surface area contributed by atoms with E-state index in [1.54, 1.807) is 36.9 Å². The topological polar surface area (TPSA) is 106 Å². The molecule has 2 heterocycles. The van der Waals surface area contributed by atoms with E-state index in [-0.39, 0.29) is 10.8 Å². The number of nitrogens with zero attached hydrogens (tertiary/aromatic N) is 3. The van der Waals surface area contributed by atoms with Gasteiger partial charge in [-0.05, 0) is 44.7 Å². The van der Waals surface area contributed by atoms with Crippen LogP contribution in [0.15, 0.2) is 59.5 Å². The normalized spacial score (nSPS) is 11.6. The summed E-state index contributed by atoms with van der Waals surface area (Å²) in [5, 5.41) is 7.92. The molecular weight excluding hydrogens is 426 g/mol. The molecular formula is C23H23N5O3S. The Morgan fingerprint density at radius 3 is 2.44 bits per heavy atom. The van der Waals surface area contributed by atoms with Gasteiger partial charge in [-0.25, -0.2) is 18.1 Å². The molecule has 0 aliphatic carbocycles. The molecule has 2 N–H and O–H groups in total. The minimum absolute atomic E-state index is 0.111. The monoisotopic (exact) mass is 449 g/mol. The molecule has 1 amide bonds. The number of anilines is 1. The van der Waals surface area contributed by atoms with Crippen molar-refractivity contribution in [3.8, 4) is 11.3 Å². The van der Waals surface area contributed by atoms with Crippen LogP contribution in [0.5, 0.6) is 0 Å². The van der Waals surface area contributed by atoms with Crippen molar-refractivity contribution < 1.29 is 13.2 Å². The predicted octanol–water partition coefficient (Wildman–Crippen LogP) is 3.41. The molecule has 0 aliphatic heterocycles. The van der Waals surface area contributed by atoms with Crippen LogP contribution >= 0.6 is 0 Å². The van der Waals surface area contributed by atoms with Crippen molar-refractivity contribution in [2.75, 3.05) is 12.4 Å². The maximum Gasteiger partial charge on any atom is 0.256 e. The number of nitrogens with one attached hydrogen (secondary N) is 2. The number of pyridine rings is 1. The van der Waals surface area contributed by atoms with Crippen molar-refractivity contribution in [2.45, 2.75) is 18.7 Å². The Labute approximate surface area is 186 Å². The highest BCUT2D eigenvalue weighted by molar-refractivity contribution is 7.89. The van der Waals surface area contributed by atoms with Crippen LogP contribution in [0.4, 0.5) is 5.69 Å². The smallest absolute Gasteiger partial charge is 0.256 e. The Morgan fingerprint density at radius 1 is 1.03 bits per heavy atom. The first-order valence-corrected chi connectivity index (χ1v) is 11.4. The molecule has 0 aliphatic rings. The van der Waals surface area contributed by atoms with Crippen molar-refractivity contribution in [3.05, 3.63) is 71.4 Å². The van der Waals surface area contributed by atoms with Gasteiger partial charge in [-0.1, -0.05) is 36.4 Å². The number of amides is 1. The summed E-state index contributed by atoms with van der Waals surface area (Å²) in [5.74, 6) is -0.373. The standard InChI is InChI=1S/C23H23N5O3S/c1-14-10-11-17(12-20(14)32(30,31)24-3)25-23(29)18-13-19(16-8-6-5-7-9-16)26-22-21(18)15(2)27-28(22)4/h5-13,24H,1-4H3,(H,25,29). The van der Waals surface area contributed by atoms with E-state index < -0.39 is 10.0 Å². The van der Waals surface area contributed by atoms with Gasteiger partial charge in [0.05, 0.1) is 27.2 Å². The van der Waals surface area contributed by atoms with E-state index in [4.69, 9.17) is 4.98 Å². The van der Waals surface area contributed by atoms with Crippen LogP contribution in [-0.2, 0) is 17.1 Å². The van der Waals surface area contributed by atoms with Gasteiger partial charge in [0.1, 0.15) is 0 Å². The fraction of sp³-hybridized carbons (Fsp3) is 0.174. The zero-order chi connectivity index (χ0) is 23.0. The van der Waals surface area contributed by atoms with Gasteiger partial charge in [0.15, 0.2) is 5.65 Å². The molecule has 0 saturated heterocycles. The molecule has 0 spiro atoms. The molecule has 0 fully saturated rings. The highest BCUT2D eigenvalue weighted by Crippen LogP contribution is 2.28. The molecule has 164 valence electrons. The fourth-order valence-electron chi connectivity index (χ4n) is 3.66. The van der Waals surface area contributed by atoms with Gasteiger partial charge in [-0.2, -0.15) is 5.10 Å². The van der Waals surface area contributed by atoms with Crippen molar-refractivity contribution in [3.63, 3.8) is 0 Å². The predicted molar refractivity (Wildman–Crippen MR) is 124 cm³/mol. The minimum Gasteiger partial charge on any atom is -0.322 e. The minimum atomic E-state index is -3.66. The van der Waals surface area contributed by atoms with Gasteiger partial charge in [-0.15, -0.1) is 0 Å². The van der Waals surface area contributed by atoms with E-state index in [0.29, 0.717) is 39.2 Å². The molecule has 0 bridgehead atoms. The lowest BCUT2D eigenvalue weighted by Gasteiger charge is -2.12. The van der Waals surface area contributed by atoms with Crippen molar-refractivity contribution >= 4 is 32.7 Å². The summed E-state index contributed by atoms with van der Waals surface area (Å²) in [6, 6.07) is 16.1. The molecule has 0 radical (unpaired) electrons. The molecule has 2 aromatic heterocycles. The molecule has 9 heteroatoms. The maximum absolute atomic E-state index is 13.3. The zero-order valence-corrected chi connectivity index (χ0v) is 19.0. The highest BCUT2D eigenvalue weighted by atomic mass is 32.2. The Hall–Kier alpha value is -3.56. The third-order valence-electron chi connectivity index (χ3n) is 5.29. The molecule has 0 saturated carbocycles. The summed E-state index contributed by atoms with van der Waals surface area (Å²) < 4.78 is 28.6. The van der Waals surface area contributed by atoms with Crippen LogP contribution < -0.4 is 10.0 Å². The van der Waals surface area contributed by atoms with Gasteiger partial charge in [0, 0.05) is 18.3 Å². The summed E-state index contributed by atoms with van der Waals surface area (Å²) in [5.41, 5.74) is 4.17. The first-order valence-electron chi connectivity index (χ1n) is 9.96. The number of carbonyl (C=O) groups is 1. The molecule has 8 nitrogen and oxygen atoms in total. The third-order valence-corrected chi connectivity index (χ3v) is 6.84. The number of carbonyl (C=O) groups excluding carboxylic acids is 1. The number of hydrogen-bond donors (Lipinski definition) is 2. The van der Waals surface area contributed by atoms with Crippen molar-refractivity contribution in [1.29, 1.82) is 0 Å². The number of fused-ring (bicyclic) bond motifs is 1. The SMILES string of the molecule is CNS(=O)(=O)c1cc(NC(=O)c2cc(-c3ccccc3)nc3c2c(C)nn3C)ccc1C. The molecule has 0 atom stereocenters. The Morgan fingerprint density at radius 2 is 1.75 bits per heavy atom. The number of aromatic nitrogens is 3. The van der Waals surface area contributed by atoms with Crippen molar-refractivity contribution in [2.24, 2.45) is 7.05 Å². The van der Waals surface area contributed by atoms with E-state index in [0.717, 1.165) is 5.56 Å². The average molecular weight is 450 g/mol. The second-order valence-corrected chi connectivity index (χ2v) is 9.33. The third kappa shape index (κ3) is 3.88. The molecule has 2 aromatic carbocycles. The number of hydrogen-bond acceptors (Lipinski definition) is 5. The largest absolute Gasteiger partial charge is 0.322 e. The van der Waals surface area contributed by atoms with E-state index in [1.807, 2.05) is 37.3 Å². The quantitative estimate of drug-likeness (QED) is 0.486. The summed E-state index contributed by atoms with van der Waals surface area (Å²) >= 11 is 0. The lowest BCUT2D eigenvalue weighted by molar-refractivity contribution is 0.102. The van der Waals surface area contributed by atoms with E-state index >= 15 is 0 Å². The van der Waals surface area contributed by atoms with E-state index in [9.17, 15) is 13.2 Å². The Balaban J connectivity index is 1.82. The summed E-state index contributed by atoms with van der Waals surface area (Å²) in [6.45, 7) is 3.53. The zero-order valence-electron chi connectivity index (χ0n) is 18.2. The summed E-state index contributed by atoms with van der Waals surface area (Å²) in [6.07, 6.45) is 0. The maximum atomic E-state index is 13.3. The first-order chi connectivity index (χ1) is 15.2. The van der Waals surface area contributed by atoms with Gasteiger partial charge < -0.3 is 5.32 Å². The molecule has 4 aromatic rings. The lowest BCUT2D eigenvalue weighted by Crippen LogP contribution is -2.20.